The highest BCUT2D eigenvalue weighted by atomic mass is 35.5. The molecule has 0 bridgehead atoms. The predicted octanol–water partition coefficient (Wildman–Crippen LogP) is 6.67. The molecule has 3 heterocycles. The highest BCUT2D eigenvalue weighted by Gasteiger charge is 2.49. The quantitative estimate of drug-likeness (QED) is 0.279. The lowest BCUT2D eigenvalue weighted by Gasteiger charge is -2.31. The van der Waals surface area contributed by atoms with Gasteiger partial charge in [0.1, 0.15) is 35.7 Å². The minimum atomic E-state index is -0.907. The maximum absolute atomic E-state index is 16.6. The first-order chi connectivity index (χ1) is 19.1. The number of alkyl halides is 1. The van der Waals surface area contributed by atoms with Gasteiger partial charge < -0.3 is 14.7 Å². The van der Waals surface area contributed by atoms with E-state index in [1.807, 2.05) is 6.92 Å². The second-order valence-corrected chi connectivity index (χ2v) is 11.4. The smallest absolute Gasteiger partial charge is 0.319 e. The van der Waals surface area contributed by atoms with E-state index in [1.165, 1.54) is 18.2 Å². The summed E-state index contributed by atoms with van der Waals surface area (Å²) in [6, 6.07) is 7.35. The number of nitrogens with zero attached hydrogens (tertiary/aromatic N) is 4. The molecule has 6 nitrogen and oxygen atoms in total. The zero-order valence-corrected chi connectivity index (χ0v) is 23.3. The molecule has 1 N–H and O–H groups in total. The fraction of sp³-hybridized carbons (Fsp3) is 0.400. The summed E-state index contributed by atoms with van der Waals surface area (Å²) in [7, 11) is 3.54. The van der Waals surface area contributed by atoms with Crippen molar-refractivity contribution in [2.24, 2.45) is 0 Å². The van der Waals surface area contributed by atoms with Crippen LogP contribution >= 0.6 is 11.6 Å². The average Bonchev–Trinajstić information content (AvgIpc) is 3.43. The van der Waals surface area contributed by atoms with Crippen LogP contribution in [0.3, 0.4) is 0 Å². The molecule has 40 heavy (non-hydrogen) atoms. The van der Waals surface area contributed by atoms with Gasteiger partial charge in [-0.15, -0.1) is 0 Å². The molecule has 0 spiro atoms. The number of hydrogen-bond acceptors (Lipinski definition) is 6. The molecule has 10 heteroatoms. The molecule has 1 aromatic heterocycles. The summed E-state index contributed by atoms with van der Waals surface area (Å²) in [6.45, 7) is 3.22. The number of benzene rings is 3. The molecule has 2 atom stereocenters. The van der Waals surface area contributed by atoms with Gasteiger partial charge in [0.15, 0.2) is 5.82 Å². The van der Waals surface area contributed by atoms with E-state index >= 15 is 4.39 Å². The number of fused-ring (bicyclic) bond motifs is 3. The fourth-order valence-electron chi connectivity index (χ4n) is 6.50. The van der Waals surface area contributed by atoms with Gasteiger partial charge in [0.2, 0.25) is 0 Å². The minimum absolute atomic E-state index is 0.00125. The topological polar surface area (TPSA) is 61.7 Å². The number of hydrogen-bond donors (Lipinski definition) is 1. The third-order valence-corrected chi connectivity index (χ3v) is 8.57. The van der Waals surface area contributed by atoms with Crippen LogP contribution in [0.5, 0.6) is 11.8 Å². The van der Waals surface area contributed by atoms with E-state index in [-0.39, 0.29) is 40.0 Å². The molecule has 4 aromatic rings. The Bertz CT molecular complexity index is 1650. The zero-order valence-electron chi connectivity index (χ0n) is 22.6. The van der Waals surface area contributed by atoms with Crippen molar-refractivity contribution in [1.82, 2.24) is 14.9 Å². The van der Waals surface area contributed by atoms with Crippen molar-refractivity contribution in [2.45, 2.75) is 44.3 Å². The monoisotopic (exact) mass is 570 g/mol. The van der Waals surface area contributed by atoms with Crippen LogP contribution in [0.25, 0.3) is 32.8 Å². The fourth-order valence-corrected chi connectivity index (χ4v) is 6.80. The summed E-state index contributed by atoms with van der Waals surface area (Å²) in [6.07, 6.45) is 1.62. The lowest BCUT2D eigenvalue weighted by Crippen LogP contribution is -2.43. The van der Waals surface area contributed by atoms with E-state index in [1.54, 1.807) is 31.1 Å². The highest BCUT2D eigenvalue weighted by Crippen LogP contribution is 2.44. The maximum Gasteiger partial charge on any atom is 0.319 e. The van der Waals surface area contributed by atoms with E-state index in [2.05, 4.69) is 14.9 Å². The number of rotatable bonds is 6. The standard InChI is InChI=1S/C30H30ClF3N4O2/c1-4-19-23(33)7-6-16-10-18(39)11-20(24(16)19)25-22(31)12-21-27(26(25)34)35-29(36-28(21)37(2)3)40-15-30-8-5-9-38(30)14-17(32)13-30/h6-7,10-12,17,39H,4-5,8-9,13-15H2,1-3H3/t17-,30+/m1/s1. The van der Waals surface area contributed by atoms with Crippen LogP contribution in [0.1, 0.15) is 31.7 Å². The molecular weight excluding hydrogens is 541 g/mol. The van der Waals surface area contributed by atoms with Gasteiger partial charge in [0.05, 0.1) is 10.6 Å². The Morgan fingerprint density at radius 2 is 2.00 bits per heavy atom. The van der Waals surface area contributed by atoms with Gasteiger partial charge in [-0.1, -0.05) is 24.6 Å². The Kier molecular flexibility index (Phi) is 6.70. The molecular formula is C30H30ClF3N4O2. The number of ether oxygens (including phenoxy) is 1. The number of aromatic nitrogens is 2. The second-order valence-electron chi connectivity index (χ2n) is 11.0. The number of aryl methyl sites for hydroxylation is 1. The van der Waals surface area contributed by atoms with Crippen molar-refractivity contribution >= 4 is 39.1 Å². The molecule has 210 valence electrons. The molecule has 3 aromatic carbocycles. The number of halogens is 4. The zero-order chi connectivity index (χ0) is 28.3. The van der Waals surface area contributed by atoms with Crippen molar-refractivity contribution in [3.63, 3.8) is 0 Å². The van der Waals surface area contributed by atoms with Crippen LogP contribution in [0.15, 0.2) is 30.3 Å². The first-order valence-corrected chi connectivity index (χ1v) is 13.8. The van der Waals surface area contributed by atoms with Crippen molar-refractivity contribution in [3.05, 3.63) is 52.6 Å². The number of phenols is 1. The molecule has 0 amide bonds. The molecule has 2 aliphatic rings. The van der Waals surface area contributed by atoms with Crippen LogP contribution in [-0.2, 0) is 6.42 Å². The van der Waals surface area contributed by atoms with Gasteiger partial charge in [-0.2, -0.15) is 9.97 Å². The average molecular weight is 571 g/mol. The summed E-state index contributed by atoms with van der Waals surface area (Å²) in [5.74, 6) is -0.851. The van der Waals surface area contributed by atoms with Crippen LogP contribution in [0.4, 0.5) is 19.0 Å². The SMILES string of the molecule is CCc1c(F)ccc2cc(O)cc(-c3c(Cl)cc4c(N(C)C)nc(OC[C@@]56CCCN5C[C@H](F)C6)nc4c3F)c12. The van der Waals surface area contributed by atoms with Gasteiger partial charge in [-0.05, 0) is 72.0 Å². The lowest BCUT2D eigenvalue weighted by molar-refractivity contribution is 0.107. The third kappa shape index (κ3) is 4.30. The Morgan fingerprint density at radius 1 is 1.20 bits per heavy atom. The Balaban J connectivity index is 1.52. The van der Waals surface area contributed by atoms with Gasteiger partial charge in [-0.25, -0.2) is 13.2 Å². The van der Waals surface area contributed by atoms with E-state index in [0.717, 1.165) is 19.4 Å². The van der Waals surface area contributed by atoms with Crippen LogP contribution < -0.4 is 9.64 Å². The van der Waals surface area contributed by atoms with Crippen LogP contribution in [-0.4, -0.2) is 65.5 Å². The van der Waals surface area contributed by atoms with Crippen molar-refractivity contribution in [3.8, 4) is 22.9 Å². The Morgan fingerprint density at radius 3 is 2.75 bits per heavy atom. The van der Waals surface area contributed by atoms with Crippen LogP contribution in [0.2, 0.25) is 5.02 Å². The van der Waals surface area contributed by atoms with E-state index in [9.17, 15) is 13.9 Å². The normalized spacial score (nSPS) is 20.9. The predicted molar refractivity (Wildman–Crippen MR) is 151 cm³/mol. The van der Waals surface area contributed by atoms with E-state index in [0.29, 0.717) is 46.9 Å². The van der Waals surface area contributed by atoms with Gasteiger partial charge >= 0.3 is 6.01 Å². The van der Waals surface area contributed by atoms with Crippen molar-refractivity contribution in [2.75, 3.05) is 38.7 Å². The molecule has 0 aliphatic carbocycles. The molecule has 2 aliphatic heterocycles. The highest BCUT2D eigenvalue weighted by molar-refractivity contribution is 6.35. The number of phenolic OH excluding ortho intramolecular Hbond substituents is 1. The maximum atomic E-state index is 16.6. The minimum Gasteiger partial charge on any atom is -0.508 e. The van der Waals surface area contributed by atoms with E-state index in [4.69, 9.17) is 16.3 Å². The van der Waals surface area contributed by atoms with Gasteiger partial charge in [0.25, 0.3) is 0 Å². The molecule has 2 saturated heterocycles. The first kappa shape index (κ1) is 26.9. The molecule has 0 radical (unpaired) electrons. The Labute approximate surface area is 235 Å². The summed E-state index contributed by atoms with van der Waals surface area (Å²) in [4.78, 5) is 12.8. The van der Waals surface area contributed by atoms with Gasteiger partial charge in [-0.3, -0.25) is 4.90 Å². The molecule has 2 fully saturated rings. The molecule has 0 unspecified atom stereocenters. The Hall–Kier alpha value is -3.30. The second kappa shape index (κ2) is 9.96. The third-order valence-electron chi connectivity index (χ3n) is 8.27. The lowest BCUT2D eigenvalue weighted by atomic mass is 9.92. The number of anilines is 1. The summed E-state index contributed by atoms with van der Waals surface area (Å²) < 4.78 is 51.7. The molecule has 0 saturated carbocycles. The van der Waals surface area contributed by atoms with Gasteiger partial charge in [0, 0.05) is 38.0 Å². The summed E-state index contributed by atoms with van der Waals surface area (Å²) in [5.41, 5.74) is 0.229. The van der Waals surface area contributed by atoms with E-state index < -0.39 is 23.3 Å². The largest absolute Gasteiger partial charge is 0.508 e. The van der Waals surface area contributed by atoms with Crippen molar-refractivity contribution < 1.29 is 23.0 Å². The summed E-state index contributed by atoms with van der Waals surface area (Å²) in [5, 5.41) is 12.0. The first-order valence-electron chi connectivity index (χ1n) is 13.5. The summed E-state index contributed by atoms with van der Waals surface area (Å²) >= 11 is 6.71. The van der Waals surface area contributed by atoms with Crippen molar-refractivity contribution in [1.29, 1.82) is 0 Å². The molecule has 6 rings (SSSR count). The van der Waals surface area contributed by atoms with Crippen LogP contribution in [0, 0.1) is 11.6 Å². The number of aromatic hydroxyl groups is 1.